The van der Waals surface area contributed by atoms with Gasteiger partial charge in [0.25, 0.3) is 0 Å². The molecule has 23 heavy (non-hydrogen) atoms. The number of ether oxygens (including phenoxy) is 1. The van der Waals surface area contributed by atoms with Gasteiger partial charge in [-0.2, -0.15) is 5.10 Å². The van der Waals surface area contributed by atoms with Crippen LogP contribution in [0.2, 0.25) is 5.02 Å². The maximum Gasteiger partial charge on any atom is 0.239 e. The molecule has 0 saturated carbocycles. The number of hydrogen-bond donors (Lipinski definition) is 1. The fourth-order valence-corrected chi connectivity index (χ4v) is 2.72. The highest BCUT2D eigenvalue weighted by Gasteiger charge is 2.21. The van der Waals surface area contributed by atoms with Crippen LogP contribution in [0.5, 0.6) is 5.75 Å². The average molecular weight is 336 g/mol. The van der Waals surface area contributed by atoms with Crippen molar-refractivity contribution in [1.29, 1.82) is 0 Å². The molecule has 0 saturated heterocycles. The van der Waals surface area contributed by atoms with Crippen molar-refractivity contribution in [1.82, 2.24) is 20.1 Å². The largest absolute Gasteiger partial charge is 0.490 e. The Kier molecular flexibility index (Phi) is 4.66. The van der Waals surface area contributed by atoms with Crippen molar-refractivity contribution >= 4 is 23.2 Å². The molecule has 7 nitrogen and oxygen atoms in total. The first-order valence-corrected chi connectivity index (χ1v) is 7.78. The number of carbonyl (C=O) groups excluding carboxylic acids is 1. The standard InChI is InChI=1S/C15H18ClN5O2/c1-11(7-21-10-17-9-18-21)19-15(22)8-20-4-5-23-14-3-2-12(16)6-13(14)20/h2-3,6,9-11H,4-5,7-8H2,1H3,(H,19,22)/t11-/m1/s1. The van der Waals surface area contributed by atoms with E-state index < -0.39 is 0 Å². The van der Waals surface area contributed by atoms with Gasteiger partial charge in [0, 0.05) is 11.1 Å². The van der Waals surface area contributed by atoms with Crippen LogP contribution in [0.1, 0.15) is 6.92 Å². The van der Waals surface area contributed by atoms with Gasteiger partial charge in [-0.05, 0) is 25.1 Å². The van der Waals surface area contributed by atoms with Crippen molar-refractivity contribution < 1.29 is 9.53 Å². The van der Waals surface area contributed by atoms with E-state index in [1.165, 1.54) is 6.33 Å². The molecule has 2 heterocycles. The number of hydrogen-bond acceptors (Lipinski definition) is 5. The van der Waals surface area contributed by atoms with Gasteiger partial charge in [0.15, 0.2) is 0 Å². The number of rotatable bonds is 5. The maximum absolute atomic E-state index is 12.3. The first-order valence-electron chi connectivity index (χ1n) is 7.41. The SMILES string of the molecule is C[C@H](Cn1cncn1)NC(=O)CN1CCOc2ccc(Cl)cc21. The van der Waals surface area contributed by atoms with Crippen LogP contribution in [0.3, 0.4) is 0 Å². The quantitative estimate of drug-likeness (QED) is 0.892. The van der Waals surface area contributed by atoms with E-state index in [2.05, 4.69) is 15.4 Å². The summed E-state index contributed by atoms with van der Waals surface area (Å²) in [5, 5.41) is 7.62. The van der Waals surface area contributed by atoms with Crippen LogP contribution in [0.15, 0.2) is 30.9 Å². The molecule has 8 heteroatoms. The van der Waals surface area contributed by atoms with E-state index in [9.17, 15) is 4.79 Å². The number of benzene rings is 1. The summed E-state index contributed by atoms with van der Waals surface area (Å²) in [5.74, 6) is 0.703. The minimum Gasteiger partial charge on any atom is -0.490 e. The predicted molar refractivity (Wildman–Crippen MR) is 86.8 cm³/mol. The van der Waals surface area contributed by atoms with Crippen LogP contribution in [0.4, 0.5) is 5.69 Å². The zero-order valence-corrected chi connectivity index (χ0v) is 13.5. The topological polar surface area (TPSA) is 72.3 Å². The molecule has 0 fully saturated rings. The van der Waals surface area contributed by atoms with Crippen molar-refractivity contribution in [3.05, 3.63) is 35.9 Å². The highest BCUT2D eigenvalue weighted by atomic mass is 35.5. The Morgan fingerprint density at radius 1 is 1.52 bits per heavy atom. The third-order valence-electron chi connectivity index (χ3n) is 3.55. The maximum atomic E-state index is 12.3. The Morgan fingerprint density at radius 2 is 2.39 bits per heavy atom. The van der Waals surface area contributed by atoms with Gasteiger partial charge in [-0.15, -0.1) is 0 Å². The van der Waals surface area contributed by atoms with Crippen LogP contribution in [-0.2, 0) is 11.3 Å². The summed E-state index contributed by atoms with van der Waals surface area (Å²) in [4.78, 5) is 18.1. The number of anilines is 1. The van der Waals surface area contributed by atoms with Crippen LogP contribution >= 0.6 is 11.6 Å². The molecule has 0 radical (unpaired) electrons. The zero-order valence-electron chi connectivity index (χ0n) is 12.8. The molecule has 1 amide bonds. The molecule has 1 N–H and O–H groups in total. The van der Waals surface area contributed by atoms with Crippen LogP contribution < -0.4 is 15.0 Å². The molecule has 2 aromatic rings. The Hall–Kier alpha value is -2.28. The first-order chi connectivity index (χ1) is 11.1. The lowest BCUT2D eigenvalue weighted by molar-refractivity contribution is -0.120. The summed E-state index contributed by atoms with van der Waals surface area (Å²) >= 11 is 6.04. The van der Waals surface area contributed by atoms with Gasteiger partial charge in [-0.3, -0.25) is 9.48 Å². The predicted octanol–water partition coefficient (Wildman–Crippen LogP) is 1.34. The van der Waals surface area contributed by atoms with E-state index in [1.807, 2.05) is 24.0 Å². The normalized spacial score (nSPS) is 14.8. The molecule has 3 rings (SSSR count). The minimum absolute atomic E-state index is 0.0379. The Bertz CT molecular complexity index is 677. The second-order valence-electron chi connectivity index (χ2n) is 5.47. The van der Waals surface area contributed by atoms with E-state index >= 15 is 0 Å². The molecule has 1 aromatic heterocycles. The zero-order chi connectivity index (χ0) is 16.2. The van der Waals surface area contributed by atoms with E-state index in [4.69, 9.17) is 16.3 Å². The summed E-state index contributed by atoms with van der Waals surface area (Å²) in [6, 6.07) is 5.39. The number of halogens is 1. The van der Waals surface area contributed by atoms with Crippen LogP contribution in [0, 0.1) is 0 Å². The lowest BCUT2D eigenvalue weighted by atomic mass is 10.2. The number of nitrogens with zero attached hydrogens (tertiary/aromatic N) is 4. The summed E-state index contributed by atoms with van der Waals surface area (Å²) in [5.41, 5.74) is 0.850. The van der Waals surface area contributed by atoms with E-state index in [-0.39, 0.29) is 18.5 Å². The van der Waals surface area contributed by atoms with E-state index in [1.54, 1.807) is 17.1 Å². The smallest absolute Gasteiger partial charge is 0.239 e. The molecule has 0 aliphatic carbocycles. The van der Waals surface area contributed by atoms with Gasteiger partial charge in [0.1, 0.15) is 25.0 Å². The van der Waals surface area contributed by atoms with Crippen molar-refractivity contribution in [2.45, 2.75) is 19.5 Å². The minimum atomic E-state index is -0.0505. The molecule has 1 aliphatic rings. The molecule has 122 valence electrons. The highest BCUT2D eigenvalue weighted by molar-refractivity contribution is 6.31. The third-order valence-corrected chi connectivity index (χ3v) is 3.78. The molecule has 1 atom stereocenters. The van der Waals surface area contributed by atoms with Gasteiger partial charge in [-0.1, -0.05) is 11.6 Å². The summed E-state index contributed by atoms with van der Waals surface area (Å²) in [7, 11) is 0. The molecule has 1 aliphatic heterocycles. The number of amides is 1. The highest BCUT2D eigenvalue weighted by Crippen LogP contribution is 2.33. The summed E-state index contributed by atoms with van der Waals surface area (Å²) < 4.78 is 7.28. The van der Waals surface area contributed by atoms with Crippen molar-refractivity contribution in [3.8, 4) is 5.75 Å². The lowest BCUT2D eigenvalue weighted by Crippen LogP contribution is -2.44. The number of fused-ring (bicyclic) bond motifs is 1. The van der Waals surface area contributed by atoms with Gasteiger partial charge in [-0.25, -0.2) is 4.98 Å². The third kappa shape index (κ3) is 3.92. The average Bonchev–Trinajstić information content (AvgIpc) is 3.00. The second-order valence-corrected chi connectivity index (χ2v) is 5.90. The number of aromatic nitrogens is 3. The van der Waals surface area contributed by atoms with Gasteiger partial charge in [0.05, 0.1) is 25.3 Å². The molecule has 1 aromatic carbocycles. The van der Waals surface area contributed by atoms with Gasteiger partial charge in [0.2, 0.25) is 5.91 Å². The number of nitrogens with one attached hydrogen (secondary N) is 1. The van der Waals surface area contributed by atoms with E-state index in [0.717, 1.165) is 11.4 Å². The van der Waals surface area contributed by atoms with Gasteiger partial charge >= 0.3 is 0 Å². The van der Waals surface area contributed by atoms with E-state index in [0.29, 0.717) is 24.7 Å². The summed E-state index contributed by atoms with van der Waals surface area (Å²) in [6.45, 7) is 3.98. The monoisotopic (exact) mass is 335 g/mol. The fourth-order valence-electron chi connectivity index (χ4n) is 2.56. The van der Waals surface area contributed by atoms with Crippen molar-refractivity contribution in [2.75, 3.05) is 24.6 Å². The Labute approximate surface area is 139 Å². The molecule has 0 bridgehead atoms. The number of carbonyl (C=O) groups is 1. The van der Waals surface area contributed by atoms with Crippen LogP contribution in [0.25, 0.3) is 0 Å². The Morgan fingerprint density at radius 3 is 3.17 bits per heavy atom. The summed E-state index contributed by atoms with van der Waals surface area (Å²) in [6.07, 6.45) is 3.10. The molecule has 0 unspecified atom stereocenters. The molecular weight excluding hydrogens is 318 g/mol. The Balaban J connectivity index is 1.59. The van der Waals surface area contributed by atoms with Crippen LogP contribution in [-0.4, -0.2) is 46.4 Å². The van der Waals surface area contributed by atoms with Gasteiger partial charge < -0.3 is 15.0 Å². The first kappa shape index (κ1) is 15.6. The van der Waals surface area contributed by atoms with Crippen molar-refractivity contribution in [3.63, 3.8) is 0 Å². The molecular formula is C15H18ClN5O2. The molecule has 0 spiro atoms. The fraction of sp³-hybridized carbons (Fsp3) is 0.400. The second kappa shape index (κ2) is 6.87. The lowest BCUT2D eigenvalue weighted by Gasteiger charge is -2.31. The van der Waals surface area contributed by atoms with Crippen molar-refractivity contribution in [2.24, 2.45) is 0 Å².